The van der Waals surface area contributed by atoms with Crippen molar-refractivity contribution in [3.05, 3.63) is 28.8 Å². The Morgan fingerprint density at radius 1 is 1.47 bits per heavy atom. The molecule has 1 aromatic rings. The van der Waals surface area contributed by atoms with E-state index in [0.717, 1.165) is 5.56 Å². The molecule has 0 saturated carbocycles. The van der Waals surface area contributed by atoms with Crippen LogP contribution in [0.1, 0.15) is 11.6 Å². The van der Waals surface area contributed by atoms with Crippen LogP contribution in [0.2, 0.25) is 5.02 Å². The second-order valence-electron chi connectivity index (χ2n) is 3.83. The predicted molar refractivity (Wildman–Crippen MR) is 69.5 cm³/mol. The Bertz CT molecular complexity index is 487. The van der Waals surface area contributed by atoms with Gasteiger partial charge in [0.05, 0.1) is 17.9 Å². The van der Waals surface area contributed by atoms with Crippen molar-refractivity contribution in [2.75, 3.05) is 26.2 Å². The zero-order valence-electron chi connectivity index (χ0n) is 10.0. The summed E-state index contributed by atoms with van der Waals surface area (Å²) in [5.41, 5.74) is 0.823. The second-order valence-corrected chi connectivity index (χ2v) is 6.42. The molecule has 6 heteroatoms. The average molecular weight is 278 g/mol. The lowest BCUT2D eigenvalue weighted by Crippen LogP contribution is -2.24. The van der Waals surface area contributed by atoms with Crippen molar-refractivity contribution in [2.24, 2.45) is 0 Å². The minimum absolute atomic E-state index is 0.0339. The van der Waals surface area contributed by atoms with Crippen molar-refractivity contribution in [1.82, 2.24) is 5.32 Å². The molecule has 0 fully saturated rings. The third-order valence-corrected chi connectivity index (χ3v) is 3.63. The molecular weight excluding hydrogens is 262 g/mol. The number of nitrogens with one attached hydrogen (secondary N) is 1. The van der Waals surface area contributed by atoms with Gasteiger partial charge in [-0.05, 0) is 24.7 Å². The van der Waals surface area contributed by atoms with Crippen molar-refractivity contribution in [3.63, 3.8) is 0 Å². The van der Waals surface area contributed by atoms with Gasteiger partial charge in [-0.1, -0.05) is 17.7 Å². The van der Waals surface area contributed by atoms with Gasteiger partial charge >= 0.3 is 0 Å². The molecule has 1 aromatic carbocycles. The molecule has 0 saturated heterocycles. The maximum absolute atomic E-state index is 11.3. The molecule has 0 heterocycles. The van der Waals surface area contributed by atoms with E-state index in [9.17, 15) is 8.42 Å². The highest BCUT2D eigenvalue weighted by molar-refractivity contribution is 7.90. The number of benzene rings is 1. The number of hydrogen-bond donors (Lipinski definition) is 1. The number of halogens is 1. The van der Waals surface area contributed by atoms with Gasteiger partial charge in [0, 0.05) is 12.3 Å². The van der Waals surface area contributed by atoms with E-state index in [-0.39, 0.29) is 11.8 Å². The smallest absolute Gasteiger partial charge is 0.149 e. The molecule has 1 atom stereocenters. The highest BCUT2D eigenvalue weighted by Gasteiger charge is 2.16. The summed E-state index contributed by atoms with van der Waals surface area (Å²) in [5, 5.41) is 3.43. The molecule has 96 valence electrons. The van der Waals surface area contributed by atoms with Gasteiger partial charge in [0.25, 0.3) is 0 Å². The van der Waals surface area contributed by atoms with Crippen LogP contribution in [0.15, 0.2) is 18.2 Å². The van der Waals surface area contributed by atoms with Gasteiger partial charge in [-0.3, -0.25) is 0 Å². The highest BCUT2D eigenvalue weighted by atomic mass is 35.5. The van der Waals surface area contributed by atoms with Gasteiger partial charge in [0.2, 0.25) is 0 Å². The van der Waals surface area contributed by atoms with E-state index in [2.05, 4.69) is 5.32 Å². The van der Waals surface area contributed by atoms with Crippen LogP contribution in [0.5, 0.6) is 5.75 Å². The summed E-state index contributed by atoms with van der Waals surface area (Å²) < 4.78 is 27.6. The Kier molecular flexibility index (Phi) is 4.80. The van der Waals surface area contributed by atoms with Crippen LogP contribution in [-0.2, 0) is 9.84 Å². The summed E-state index contributed by atoms with van der Waals surface area (Å²) in [4.78, 5) is 0. The Balaban J connectivity index is 3.01. The molecule has 0 amide bonds. The molecule has 1 N–H and O–H groups in total. The van der Waals surface area contributed by atoms with Crippen LogP contribution in [-0.4, -0.2) is 34.6 Å². The molecule has 0 spiro atoms. The Hall–Kier alpha value is -0.780. The Morgan fingerprint density at radius 3 is 2.53 bits per heavy atom. The van der Waals surface area contributed by atoms with Gasteiger partial charge < -0.3 is 10.1 Å². The standard InChI is InChI=1S/C11H16ClNO3S/c1-13-10(7-17(3,14)15)8-4-5-11(16-2)9(12)6-8/h4-6,10,13H,7H2,1-3H3. The van der Waals surface area contributed by atoms with Gasteiger partial charge in [-0.25, -0.2) is 8.42 Å². The second kappa shape index (κ2) is 5.71. The van der Waals surface area contributed by atoms with Crippen molar-refractivity contribution in [2.45, 2.75) is 6.04 Å². The monoisotopic (exact) mass is 277 g/mol. The summed E-state index contributed by atoms with van der Waals surface area (Å²) in [6, 6.07) is 4.97. The average Bonchev–Trinajstić information content (AvgIpc) is 2.24. The fraction of sp³-hybridized carbons (Fsp3) is 0.455. The lowest BCUT2D eigenvalue weighted by atomic mass is 10.1. The van der Waals surface area contributed by atoms with E-state index in [0.29, 0.717) is 10.8 Å². The first-order valence-corrected chi connectivity index (χ1v) is 7.49. The summed E-state index contributed by atoms with van der Waals surface area (Å²) >= 11 is 6.00. The summed E-state index contributed by atoms with van der Waals surface area (Å²) in [7, 11) is 0.202. The molecule has 0 radical (unpaired) electrons. The first kappa shape index (κ1) is 14.3. The maximum atomic E-state index is 11.3. The zero-order valence-corrected chi connectivity index (χ0v) is 11.6. The molecule has 0 bridgehead atoms. The van der Waals surface area contributed by atoms with Crippen LogP contribution >= 0.6 is 11.6 Å². The molecule has 4 nitrogen and oxygen atoms in total. The summed E-state index contributed by atoms with van der Waals surface area (Å²) in [5.74, 6) is 0.608. The topological polar surface area (TPSA) is 55.4 Å². The molecule has 17 heavy (non-hydrogen) atoms. The molecule has 0 aliphatic rings. The van der Waals surface area contributed by atoms with Gasteiger partial charge in [-0.2, -0.15) is 0 Å². The first-order chi connectivity index (χ1) is 7.87. The Labute approximate surface area is 107 Å². The summed E-state index contributed by atoms with van der Waals surface area (Å²) in [6.07, 6.45) is 1.21. The highest BCUT2D eigenvalue weighted by Crippen LogP contribution is 2.27. The van der Waals surface area contributed by atoms with E-state index < -0.39 is 9.84 Å². The zero-order chi connectivity index (χ0) is 13.1. The lowest BCUT2D eigenvalue weighted by Gasteiger charge is -2.16. The largest absolute Gasteiger partial charge is 0.495 e. The maximum Gasteiger partial charge on any atom is 0.149 e. The van der Waals surface area contributed by atoms with Crippen LogP contribution in [0, 0.1) is 0 Å². The minimum Gasteiger partial charge on any atom is -0.495 e. The minimum atomic E-state index is -3.05. The SMILES string of the molecule is CNC(CS(C)(=O)=O)c1ccc(OC)c(Cl)c1. The van der Waals surface area contributed by atoms with E-state index in [4.69, 9.17) is 16.3 Å². The summed E-state index contributed by atoms with van der Waals surface area (Å²) in [6.45, 7) is 0. The fourth-order valence-corrected chi connectivity index (χ4v) is 2.78. The van der Waals surface area contributed by atoms with Crippen molar-refractivity contribution >= 4 is 21.4 Å². The van der Waals surface area contributed by atoms with Crippen LogP contribution in [0.3, 0.4) is 0 Å². The molecule has 0 aromatic heterocycles. The number of methoxy groups -OCH3 is 1. The molecule has 1 rings (SSSR count). The van der Waals surface area contributed by atoms with Crippen LogP contribution in [0.25, 0.3) is 0 Å². The number of hydrogen-bond acceptors (Lipinski definition) is 4. The van der Waals surface area contributed by atoms with Gasteiger partial charge in [-0.15, -0.1) is 0 Å². The predicted octanol–water partition coefficient (Wildman–Crippen LogP) is 1.65. The lowest BCUT2D eigenvalue weighted by molar-refractivity contribution is 0.414. The van der Waals surface area contributed by atoms with Gasteiger partial charge in [0.1, 0.15) is 15.6 Å². The molecular formula is C11H16ClNO3S. The molecule has 1 unspecified atom stereocenters. The van der Waals surface area contributed by atoms with Crippen LogP contribution in [0.4, 0.5) is 0 Å². The number of sulfone groups is 1. The van der Waals surface area contributed by atoms with E-state index in [1.807, 2.05) is 0 Å². The third kappa shape index (κ3) is 4.18. The number of rotatable bonds is 5. The van der Waals surface area contributed by atoms with E-state index in [1.54, 1.807) is 25.2 Å². The number of ether oxygens (including phenoxy) is 1. The quantitative estimate of drug-likeness (QED) is 0.889. The van der Waals surface area contributed by atoms with E-state index in [1.165, 1.54) is 13.4 Å². The fourth-order valence-electron chi connectivity index (χ4n) is 1.55. The van der Waals surface area contributed by atoms with Crippen LogP contribution < -0.4 is 10.1 Å². The van der Waals surface area contributed by atoms with Crippen molar-refractivity contribution in [3.8, 4) is 5.75 Å². The molecule has 0 aliphatic carbocycles. The van der Waals surface area contributed by atoms with E-state index >= 15 is 0 Å². The van der Waals surface area contributed by atoms with Crippen molar-refractivity contribution in [1.29, 1.82) is 0 Å². The molecule has 0 aliphatic heterocycles. The van der Waals surface area contributed by atoms with Crippen molar-refractivity contribution < 1.29 is 13.2 Å². The normalized spacial score (nSPS) is 13.4. The van der Waals surface area contributed by atoms with Gasteiger partial charge in [0.15, 0.2) is 0 Å². The first-order valence-electron chi connectivity index (χ1n) is 5.06. The third-order valence-electron chi connectivity index (χ3n) is 2.40. The Morgan fingerprint density at radius 2 is 2.12 bits per heavy atom.